The van der Waals surface area contributed by atoms with Crippen LogP contribution in [0.3, 0.4) is 0 Å². The normalized spacial score (nSPS) is 10.8. The summed E-state index contributed by atoms with van der Waals surface area (Å²) in [4.78, 5) is 20.0. The summed E-state index contributed by atoms with van der Waals surface area (Å²) in [7, 11) is 0. The van der Waals surface area contributed by atoms with Crippen molar-refractivity contribution in [3.8, 4) is 11.3 Å². The van der Waals surface area contributed by atoms with Crippen molar-refractivity contribution in [2.75, 3.05) is 11.4 Å². The van der Waals surface area contributed by atoms with E-state index in [1.807, 2.05) is 84.2 Å². The average Bonchev–Trinajstić information content (AvgIpc) is 3.56. The highest BCUT2D eigenvalue weighted by Crippen LogP contribution is 2.28. The lowest BCUT2D eigenvalue weighted by Gasteiger charge is -2.18. The van der Waals surface area contributed by atoms with Crippen molar-refractivity contribution in [2.24, 2.45) is 0 Å². The molecule has 1 amide bonds. The highest BCUT2D eigenvalue weighted by molar-refractivity contribution is 7.14. The lowest BCUT2D eigenvalue weighted by Crippen LogP contribution is -2.33. The summed E-state index contributed by atoms with van der Waals surface area (Å²) in [5.74, 6) is -0.204. The van der Waals surface area contributed by atoms with Crippen LogP contribution in [-0.4, -0.2) is 32.4 Å². The number of aromatic nitrogens is 4. The molecule has 0 radical (unpaired) electrons. The zero-order valence-corrected chi connectivity index (χ0v) is 19.3. The molecule has 168 valence electrons. The molecule has 5 rings (SSSR count). The Morgan fingerprint density at radius 2 is 1.50 bits per heavy atom. The summed E-state index contributed by atoms with van der Waals surface area (Å²) in [6, 6.07) is 30.1. The molecule has 0 fully saturated rings. The molecule has 0 aliphatic rings. The minimum absolute atomic E-state index is 0.204. The van der Waals surface area contributed by atoms with E-state index < -0.39 is 0 Å². The van der Waals surface area contributed by atoms with Crippen LogP contribution in [0.1, 0.15) is 21.6 Å². The molecule has 0 atom stereocenters. The van der Waals surface area contributed by atoms with E-state index in [0.29, 0.717) is 30.3 Å². The average molecular weight is 466 g/mol. The SMILES string of the molecule is O=C(c1cn(Cc2ccccc2)nn1)N(CCc1ccccc1)c1nc(-c2ccccc2)cs1. The molecule has 6 nitrogen and oxygen atoms in total. The molecule has 0 spiro atoms. The minimum atomic E-state index is -0.204. The van der Waals surface area contributed by atoms with E-state index in [0.717, 1.165) is 22.4 Å². The summed E-state index contributed by atoms with van der Waals surface area (Å²) in [5.41, 5.74) is 4.44. The monoisotopic (exact) mass is 465 g/mol. The van der Waals surface area contributed by atoms with Crippen LogP contribution in [0.25, 0.3) is 11.3 Å². The van der Waals surface area contributed by atoms with Crippen LogP contribution in [0, 0.1) is 0 Å². The Labute approximate surface area is 202 Å². The second-order valence-corrected chi connectivity index (χ2v) is 8.70. The number of rotatable bonds is 8. The van der Waals surface area contributed by atoms with Gasteiger partial charge in [-0.15, -0.1) is 16.4 Å². The van der Waals surface area contributed by atoms with Gasteiger partial charge in [0.1, 0.15) is 0 Å². The zero-order valence-electron chi connectivity index (χ0n) is 18.5. The Bertz CT molecular complexity index is 1350. The molecule has 2 heterocycles. The molecule has 7 heteroatoms. The van der Waals surface area contributed by atoms with Crippen molar-refractivity contribution in [1.29, 1.82) is 0 Å². The third kappa shape index (κ3) is 5.10. The highest BCUT2D eigenvalue weighted by Gasteiger charge is 2.24. The fraction of sp³-hybridized carbons (Fsp3) is 0.111. The van der Waals surface area contributed by atoms with Crippen LogP contribution in [-0.2, 0) is 13.0 Å². The molecule has 0 aliphatic carbocycles. The molecule has 3 aromatic carbocycles. The topological polar surface area (TPSA) is 63.9 Å². The van der Waals surface area contributed by atoms with Gasteiger partial charge in [-0.2, -0.15) is 0 Å². The summed E-state index contributed by atoms with van der Waals surface area (Å²) in [6.07, 6.45) is 2.42. The van der Waals surface area contributed by atoms with Gasteiger partial charge in [0.15, 0.2) is 10.8 Å². The molecule has 5 aromatic rings. The van der Waals surface area contributed by atoms with Crippen molar-refractivity contribution >= 4 is 22.4 Å². The van der Waals surface area contributed by atoms with Crippen molar-refractivity contribution in [1.82, 2.24) is 20.0 Å². The fourth-order valence-electron chi connectivity index (χ4n) is 3.68. The maximum absolute atomic E-state index is 13.6. The Kier molecular flexibility index (Phi) is 6.54. The van der Waals surface area contributed by atoms with E-state index in [4.69, 9.17) is 4.98 Å². The quantitative estimate of drug-likeness (QED) is 0.310. The van der Waals surface area contributed by atoms with Crippen molar-refractivity contribution < 1.29 is 4.79 Å². The van der Waals surface area contributed by atoms with Gasteiger partial charge in [0.25, 0.3) is 5.91 Å². The number of thiazole rings is 1. The van der Waals surface area contributed by atoms with Crippen LogP contribution < -0.4 is 4.90 Å². The van der Waals surface area contributed by atoms with Gasteiger partial charge in [-0.25, -0.2) is 9.67 Å². The molecule has 0 saturated heterocycles. The number of hydrogen-bond acceptors (Lipinski definition) is 5. The number of nitrogens with zero attached hydrogens (tertiary/aromatic N) is 5. The fourth-order valence-corrected chi connectivity index (χ4v) is 4.54. The molecule has 0 saturated carbocycles. The standard InChI is InChI=1S/C27H23N5OS/c33-26(24-19-31(30-29-24)18-22-12-6-2-7-13-22)32(17-16-21-10-4-1-5-11-21)27-28-25(20-34-27)23-14-8-3-9-15-23/h1-15,19-20H,16-18H2. The highest BCUT2D eigenvalue weighted by atomic mass is 32.1. The van der Waals surface area contributed by atoms with E-state index in [1.165, 1.54) is 11.3 Å². The molecule has 34 heavy (non-hydrogen) atoms. The number of benzene rings is 3. The van der Waals surface area contributed by atoms with Crippen molar-refractivity contribution in [3.05, 3.63) is 119 Å². The lowest BCUT2D eigenvalue weighted by molar-refractivity contribution is 0.0982. The first-order valence-corrected chi connectivity index (χ1v) is 11.9. The summed E-state index contributed by atoms with van der Waals surface area (Å²) in [5, 5.41) is 11.0. The Morgan fingerprint density at radius 3 is 2.21 bits per heavy atom. The van der Waals surface area contributed by atoms with Gasteiger partial charge in [-0.1, -0.05) is 96.2 Å². The van der Waals surface area contributed by atoms with E-state index in [1.54, 1.807) is 15.8 Å². The van der Waals surface area contributed by atoms with E-state index in [9.17, 15) is 4.79 Å². The first-order valence-electron chi connectivity index (χ1n) is 11.1. The maximum atomic E-state index is 13.6. The molecule has 0 aliphatic heterocycles. The maximum Gasteiger partial charge on any atom is 0.282 e. The van der Waals surface area contributed by atoms with Crippen molar-refractivity contribution in [3.63, 3.8) is 0 Å². The molecule has 0 N–H and O–H groups in total. The third-order valence-corrected chi connectivity index (χ3v) is 6.31. The predicted molar refractivity (Wildman–Crippen MR) is 135 cm³/mol. The number of anilines is 1. The Balaban J connectivity index is 1.40. The summed E-state index contributed by atoms with van der Waals surface area (Å²) >= 11 is 1.46. The van der Waals surface area contributed by atoms with Gasteiger partial charge in [0.05, 0.1) is 18.4 Å². The van der Waals surface area contributed by atoms with Gasteiger partial charge in [0, 0.05) is 17.5 Å². The van der Waals surface area contributed by atoms with Gasteiger partial charge >= 0.3 is 0 Å². The summed E-state index contributed by atoms with van der Waals surface area (Å²) in [6.45, 7) is 1.05. The molecule has 2 aromatic heterocycles. The first kappa shape index (κ1) is 21.7. The first-order chi connectivity index (χ1) is 16.8. The summed E-state index contributed by atoms with van der Waals surface area (Å²) < 4.78 is 1.69. The molecule has 0 unspecified atom stereocenters. The zero-order chi connectivity index (χ0) is 23.2. The molecular weight excluding hydrogens is 442 g/mol. The van der Waals surface area contributed by atoms with Crippen LogP contribution in [0.2, 0.25) is 0 Å². The molecule has 0 bridgehead atoms. The van der Waals surface area contributed by atoms with Crippen LogP contribution in [0.4, 0.5) is 5.13 Å². The molecular formula is C27H23N5OS. The van der Waals surface area contributed by atoms with Gasteiger partial charge in [-0.05, 0) is 17.5 Å². The van der Waals surface area contributed by atoms with Crippen molar-refractivity contribution in [2.45, 2.75) is 13.0 Å². The van der Waals surface area contributed by atoms with Crippen LogP contribution >= 0.6 is 11.3 Å². The van der Waals surface area contributed by atoms with Gasteiger partial charge < -0.3 is 0 Å². The van der Waals surface area contributed by atoms with E-state index in [2.05, 4.69) is 22.4 Å². The van der Waals surface area contributed by atoms with Crippen LogP contribution in [0.15, 0.2) is 103 Å². The van der Waals surface area contributed by atoms with E-state index >= 15 is 0 Å². The number of hydrogen-bond donors (Lipinski definition) is 0. The van der Waals surface area contributed by atoms with Crippen LogP contribution in [0.5, 0.6) is 0 Å². The minimum Gasteiger partial charge on any atom is -0.282 e. The Morgan fingerprint density at radius 1 is 0.853 bits per heavy atom. The predicted octanol–water partition coefficient (Wildman–Crippen LogP) is 5.34. The largest absolute Gasteiger partial charge is 0.282 e. The lowest BCUT2D eigenvalue weighted by atomic mass is 10.1. The Hall–Kier alpha value is -4.10. The van der Waals surface area contributed by atoms with E-state index in [-0.39, 0.29) is 5.91 Å². The van der Waals surface area contributed by atoms with Gasteiger partial charge in [0.2, 0.25) is 0 Å². The second-order valence-electron chi connectivity index (χ2n) is 7.86. The number of amides is 1. The van der Waals surface area contributed by atoms with Gasteiger partial charge in [-0.3, -0.25) is 9.69 Å². The number of carbonyl (C=O) groups is 1. The third-order valence-electron chi connectivity index (χ3n) is 5.45. The second kappa shape index (κ2) is 10.2. The smallest absolute Gasteiger partial charge is 0.282 e. The number of carbonyl (C=O) groups excluding carboxylic acids is 1.